The average molecular weight is 334 g/mol. The highest BCUT2D eigenvalue weighted by Gasteiger charge is 2.67. The van der Waals surface area contributed by atoms with E-state index < -0.39 is 17.2 Å². The van der Waals surface area contributed by atoms with Crippen LogP contribution < -0.4 is 0 Å². The van der Waals surface area contributed by atoms with E-state index in [2.05, 4.69) is 20.4 Å². The number of fused-ring (bicyclic) bond motifs is 3. The Hall–Kier alpha value is -0.870. The molecule has 3 saturated carbocycles. The number of hydrogen-bond donors (Lipinski definition) is 2. The van der Waals surface area contributed by atoms with E-state index in [9.17, 15) is 15.0 Å². The monoisotopic (exact) mass is 334 g/mol. The highest BCUT2D eigenvalue weighted by Crippen LogP contribution is 2.67. The molecule has 2 N–H and O–H groups in total. The average Bonchev–Trinajstić information content (AvgIpc) is 2.52. The van der Waals surface area contributed by atoms with Crippen LogP contribution in [0, 0.1) is 22.7 Å². The maximum absolute atomic E-state index is 12.4. The first-order valence-electron chi connectivity index (χ1n) is 9.45. The van der Waals surface area contributed by atoms with Gasteiger partial charge in [0, 0.05) is 18.9 Å². The smallest absolute Gasteiger partial charge is 0.336 e. The van der Waals surface area contributed by atoms with Crippen molar-refractivity contribution in [1.82, 2.24) is 0 Å². The number of ether oxygens (including phenoxy) is 1. The van der Waals surface area contributed by atoms with E-state index in [1.165, 1.54) is 0 Å². The van der Waals surface area contributed by atoms with Crippen LogP contribution in [0.25, 0.3) is 0 Å². The molecule has 4 fully saturated rings. The molecule has 4 aliphatic rings. The van der Waals surface area contributed by atoms with Crippen LogP contribution in [0.4, 0.5) is 0 Å². The van der Waals surface area contributed by atoms with Crippen molar-refractivity contribution in [2.45, 2.75) is 76.4 Å². The first-order chi connectivity index (χ1) is 11.2. The molecule has 4 nitrogen and oxygen atoms in total. The molecular formula is C20H30O4. The first-order valence-corrected chi connectivity index (χ1v) is 9.45. The van der Waals surface area contributed by atoms with E-state index >= 15 is 0 Å². The van der Waals surface area contributed by atoms with Crippen LogP contribution >= 0.6 is 0 Å². The van der Waals surface area contributed by atoms with E-state index in [1.807, 2.05) is 0 Å². The molecule has 0 aromatic heterocycles. The van der Waals surface area contributed by atoms with Crippen LogP contribution in [0.5, 0.6) is 0 Å². The second-order valence-electron chi connectivity index (χ2n) is 9.50. The Morgan fingerprint density at radius 2 is 1.88 bits per heavy atom. The lowest BCUT2D eigenvalue weighted by Gasteiger charge is -2.66. The number of carbonyl (C=O) groups excluding carboxylic acids is 1. The Morgan fingerprint density at radius 3 is 2.58 bits per heavy atom. The summed E-state index contributed by atoms with van der Waals surface area (Å²) in [4.78, 5) is 12.4. The van der Waals surface area contributed by atoms with Crippen molar-refractivity contribution in [2.24, 2.45) is 22.7 Å². The van der Waals surface area contributed by atoms with Gasteiger partial charge in [-0.1, -0.05) is 26.8 Å². The molecule has 0 aromatic rings. The second-order valence-corrected chi connectivity index (χ2v) is 9.50. The quantitative estimate of drug-likeness (QED) is 0.571. The zero-order valence-electron chi connectivity index (χ0n) is 14.9. The third-order valence-corrected chi connectivity index (χ3v) is 8.29. The summed E-state index contributed by atoms with van der Waals surface area (Å²) >= 11 is 0. The van der Waals surface area contributed by atoms with Crippen LogP contribution in [0.3, 0.4) is 0 Å². The normalized spacial score (nSPS) is 53.8. The summed E-state index contributed by atoms with van der Waals surface area (Å²) in [6.45, 7) is 8.60. The topological polar surface area (TPSA) is 66.8 Å². The highest BCUT2D eigenvalue weighted by molar-refractivity contribution is 5.91. The van der Waals surface area contributed by atoms with Gasteiger partial charge in [-0.25, -0.2) is 4.79 Å². The van der Waals surface area contributed by atoms with Gasteiger partial charge in [-0.15, -0.1) is 0 Å². The van der Waals surface area contributed by atoms with E-state index in [-0.39, 0.29) is 28.9 Å². The lowest BCUT2D eigenvalue weighted by molar-refractivity contribution is -0.248. The van der Waals surface area contributed by atoms with E-state index in [0.29, 0.717) is 18.8 Å². The summed E-state index contributed by atoms with van der Waals surface area (Å²) in [5.41, 5.74) is -1.35. The lowest BCUT2D eigenvalue weighted by Crippen LogP contribution is -2.67. The minimum absolute atomic E-state index is 0.0371. The Morgan fingerprint density at radius 1 is 1.17 bits per heavy atom. The predicted molar refractivity (Wildman–Crippen MR) is 90.1 cm³/mol. The Balaban J connectivity index is 1.75. The SMILES string of the molecule is C=C1C(=O)O[C@@]23CC[C@@H]4[C@](C)(CO)CCC[C@@]4(C)[C@@H]2CC[C@]1(O)C3. The summed E-state index contributed by atoms with van der Waals surface area (Å²) in [5.74, 6) is 0.317. The molecule has 1 saturated heterocycles. The van der Waals surface area contributed by atoms with E-state index in [4.69, 9.17) is 4.74 Å². The zero-order chi connectivity index (χ0) is 17.4. The van der Waals surface area contributed by atoms with Crippen molar-refractivity contribution in [3.8, 4) is 0 Å². The molecule has 24 heavy (non-hydrogen) atoms. The summed E-state index contributed by atoms with van der Waals surface area (Å²) < 4.78 is 5.98. The molecule has 0 radical (unpaired) electrons. The van der Waals surface area contributed by atoms with Gasteiger partial charge in [0.25, 0.3) is 0 Å². The van der Waals surface area contributed by atoms with Crippen molar-refractivity contribution in [3.63, 3.8) is 0 Å². The fourth-order valence-electron chi connectivity index (χ4n) is 7.09. The van der Waals surface area contributed by atoms with Crippen molar-refractivity contribution < 1.29 is 19.7 Å². The van der Waals surface area contributed by atoms with E-state index in [0.717, 1.165) is 38.5 Å². The van der Waals surface area contributed by atoms with Crippen LogP contribution in [0.1, 0.15) is 65.2 Å². The Labute approximate surface area is 144 Å². The molecule has 0 amide bonds. The van der Waals surface area contributed by atoms with Gasteiger partial charge in [0.1, 0.15) is 5.60 Å². The third-order valence-electron chi connectivity index (χ3n) is 8.29. The Bertz CT molecular complexity index is 600. The maximum atomic E-state index is 12.4. The highest BCUT2D eigenvalue weighted by atomic mass is 16.6. The molecule has 1 aliphatic heterocycles. The standard InChI is InChI=1S/C20H30O4/c1-13-16(22)24-20-10-6-14-17(2,12-21)7-4-8-18(14,3)15(20)5-9-19(13,23)11-20/h14-15,21,23H,1,4-12H2,2-3H3/t14-,15+,17+,18-,19+,20-/m1/s1. The van der Waals surface area contributed by atoms with Gasteiger partial charge in [0.2, 0.25) is 0 Å². The van der Waals surface area contributed by atoms with Crippen LogP contribution in [-0.2, 0) is 9.53 Å². The summed E-state index contributed by atoms with van der Waals surface area (Å²) in [5, 5.41) is 21.0. The molecule has 3 aliphatic carbocycles. The van der Waals surface area contributed by atoms with Crippen LogP contribution in [-0.4, -0.2) is 34.0 Å². The fourth-order valence-corrected chi connectivity index (χ4v) is 7.09. The molecule has 4 rings (SSSR count). The maximum Gasteiger partial charge on any atom is 0.336 e. The van der Waals surface area contributed by atoms with Gasteiger partial charge in [0.05, 0.1) is 11.2 Å². The third kappa shape index (κ3) is 1.90. The Kier molecular flexibility index (Phi) is 3.35. The van der Waals surface area contributed by atoms with Crippen molar-refractivity contribution in [2.75, 3.05) is 6.61 Å². The molecule has 1 spiro atoms. The summed E-state index contributed by atoms with van der Waals surface area (Å²) in [6, 6.07) is 0. The number of esters is 1. The van der Waals surface area contributed by atoms with Crippen molar-refractivity contribution in [3.05, 3.63) is 12.2 Å². The van der Waals surface area contributed by atoms with Crippen LogP contribution in [0.2, 0.25) is 0 Å². The van der Waals surface area contributed by atoms with E-state index in [1.54, 1.807) is 0 Å². The molecule has 0 aromatic carbocycles. The molecule has 134 valence electrons. The fraction of sp³-hybridized carbons (Fsp3) is 0.850. The number of rotatable bonds is 1. The molecule has 0 unspecified atom stereocenters. The van der Waals surface area contributed by atoms with Crippen molar-refractivity contribution >= 4 is 5.97 Å². The van der Waals surface area contributed by atoms with Gasteiger partial charge in [-0.2, -0.15) is 0 Å². The zero-order valence-corrected chi connectivity index (χ0v) is 14.9. The minimum atomic E-state index is -1.08. The number of aliphatic hydroxyl groups excluding tert-OH is 1. The van der Waals surface area contributed by atoms with Gasteiger partial charge in [-0.05, 0) is 55.3 Å². The van der Waals surface area contributed by atoms with Gasteiger partial charge in [0.15, 0.2) is 0 Å². The first kappa shape index (κ1) is 16.6. The lowest BCUT2D eigenvalue weighted by atomic mass is 9.42. The van der Waals surface area contributed by atoms with Crippen molar-refractivity contribution in [1.29, 1.82) is 0 Å². The molecule has 2 bridgehead atoms. The molecule has 4 heteroatoms. The van der Waals surface area contributed by atoms with Crippen LogP contribution in [0.15, 0.2) is 12.2 Å². The summed E-state index contributed by atoms with van der Waals surface area (Å²) in [7, 11) is 0. The number of carbonyl (C=O) groups is 1. The number of aliphatic hydroxyl groups is 2. The molecule has 1 heterocycles. The van der Waals surface area contributed by atoms with Gasteiger partial charge in [-0.3, -0.25) is 0 Å². The predicted octanol–water partition coefficient (Wildman–Crippen LogP) is 2.97. The summed E-state index contributed by atoms with van der Waals surface area (Å²) in [6.07, 6.45) is 7.05. The largest absolute Gasteiger partial charge is 0.455 e. The molecule has 6 atom stereocenters. The second kappa shape index (κ2) is 4.85. The van der Waals surface area contributed by atoms with Gasteiger partial charge >= 0.3 is 5.97 Å². The molecular weight excluding hydrogens is 304 g/mol. The number of hydrogen-bond acceptors (Lipinski definition) is 4. The minimum Gasteiger partial charge on any atom is -0.455 e. The van der Waals surface area contributed by atoms with Gasteiger partial charge < -0.3 is 14.9 Å².